The highest BCUT2D eigenvalue weighted by Gasteiger charge is 2.15. The van der Waals surface area contributed by atoms with E-state index in [4.69, 9.17) is 16.3 Å². The van der Waals surface area contributed by atoms with Crippen LogP contribution in [0.5, 0.6) is 5.75 Å². The third-order valence-corrected chi connectivity index (χ3v) is 5.31. The molecule has 0 heterocycles. The summed E-state index contributed by atoms with van der Waals surface area (Å²) in [6.07, 6.45) is 4.07. The summed E-state index contributed by atoms with van der Waals surface area (Å²) >= 11 is 9.34. The molecule has 0 spiro atoms. The SMILES string of the molecule is CCCCCCOc1ccc(Br)cc1C(=O)NNC(=O)CCC(=O)Nc1ccccc1Cl. The number of rotatable bonds is 11. The highest BCUT2D eigenvalue weighted by molar-refractivity contribution is 9.10. The fourth-order valence-corrected chi connectivity index (χ4v) is 3.32. The first-order valence-corrected chi connectivity index (χ1v) is 11.6. The first-order valence-electron chi connectivity index (χ1n) is 10.5. The summed E-state index contributed by atoms with van der Waals surface area (Å²) in [5.41, 5.74) is 5.47. The third kappa shape index (κ3) is 8.88. The van der Waals surface area contributed by atoms with Crippen LogP contribution in [0.2, 0.25) is 5.02 Å². The number of para-hydroxylation sites is 1. The van der Waals surface area contributed by atoms with Crippen molar-refractivity contribution >= 4 is 50.9 Å². The molecular weight excluding hydrogens is 498 g/mol. The van der Waals surface area contributed by atoms with Crippen molar-refractivity contribution in [3.8, 4) is 5.75 Å². The number of carbonyl (C=O) groups is 3. The van der Waals surface area contributed by atoms with Crippen molar-refractivity contribution in [2.75, 3.05) is 11.9 Å². The van der Waals surface area contributed by atoms with Crippen LogP contribution in [-0.4, -0.2) is 24.3 Å². The van der Waals surface area contributed by atoms with E-state index in [1.54, 1.807) is 42.5 Å². The standard InChI is InChI=1S/C23H27BrClN3O4/c1-2-3-4-7-14-32-20-11-10-16(24)15-17(20)23(31)28-27-22(30)13-12-21(29)26-19-9-6-5-8-18(19)25/h5-6,8-11,15H,2-4,7,12-14H2,1H3,(H,26,29)(H,27,30)(H,28,31). The second-order valence-electron chi connectivity index (χ2n) is 7.08. The molecule has 0 aliphatic heterocycles. The van der Waals surface area contributed by atoms with Crippen molar-refractivity contribution in [3.05, 3.63) is 57.5 Å². The number of carbonyl (C=O) groups excluding carboxylic acids is 3. The molecule has 0 unspecified atom stereocenters. The topological polar surface area (TPSA) is 96.5 Å². The van der Waals surface area contributed by atoms with Crippen LogP contribution in [0.4, 0.5) is 5.69 Å². The van der Waals surface area contributed by atoms with E-state index in [2.05, 4.69) is 39.0 Å². The van der Waals surface area contributed by atoms with Crippen molar-refractivity contribution in [1.29, 1.82) is 0 Å². The molecule has 3 amide bonds. The van der Waals surface area contributed by atoms with Gasteiger partial charge in [0.15, 0.2) is 0 Å². The predicted octanol–water partition coefficient (Wildman–Crippen LogP) is 5.24. The minimum atomic E-state index is -0.510. The molecule has 0 fully saturated rings. The summed E-state index contributed by atoms with van der Waals surface area (Å²) in [5.74, 6) is -0.922. The molecule has 0 aliphatic rings. The highest BCUT2D eigenvalue weighted by Crippen LogP contribution is 2.24. The number of hydrogen-bond acceptors (Lipinski definition) is 4. The van der Waals surface area contributed by atoms with E-state index < -0.39 is 11.8 Å². The zero-order valence-corrected chi connectivity index (χ0v) is 20.2. The Morgan fingerprint density at radius 3 is 2.47 bits per heavy atom. The van der Waals surface area contributed by atoms with E-state index in [0.29, 0.717) is 33.1 Å². The molecule has 0 aliphatic carbocycles. The lowest BCUT2D eigenvalue weighted by Crippen LogP contribution is -2.42. The lowest BCUT2D eigenvalue weighted by molar-refractivity contribution is -0.124. The number of hydrazine groups is 1. The summed E-state index contributed by atoms with van der Waals surface area (Å²) < 4.78 is 6.47. The Morgan fingerprint density at radius 2 is 1.72 bits per heavy atom. The van der Waals surface area contributed by atoms with Crippen LogP contribution < -0.4 is 20.9 Å². The fraction of sp³-hybridized carbons (Fsp3) is 0.348. The molecule has 2 aromatic carbocycles. The first kappa shape index (κ1) is 25.7. The Morgan fingerprint density at radius 1 is 0.969 bits per heavy atom. The predicted molar refractivity (Wildman–Crippen MR) is 129 cm³/mol. The molecule has 0 saturated heterocycles. The zero-order chi connectivity index (χ0) is 23.3. The normalized spacial score (nSPS) is 10.3. The van der Waals surface area contributed by atoms with Crippen LogP contribution >= 0.6 is 27.5 Å². The van der Waals surface area contributed by atoms with Crippen molar-refractivity contribution in [2.45, 2.75) is 45.4 Å². The van der Waals surface area contributed by atoms with E-state index in [9.17, 15) is 14.4 Å². The van der Waals surface area contributed by atoms with Gasteiger partial charge in [-0.2, -0.15) is 0 Å². The van der Waals surface area contributed by atoms with Crippen LogP contribution in [0.15, 0.2) is 46.9 Å². The molecule has 0 atom stereocenters. The molecule has 2 rings (SSSR count). The van der Waals surface area contributed by atoms with Crippen LogP contribution in [-0.2, 0) is 9.59 Å². The van der Waals surface area contributed by atoms with E-state index >= 15 is 0 Å². The molecular formula is C23H27BrClN3O4. The van der Waals surface area contributed by atoms with Gasteiger partial charge in [0.25, 0.3) is 5.91 Å². The van der Waals surface area contributed by atoms with Gasteiger partial charge in [0.2, 0.25) is 11.8 Å². The minimum Gasteiger partial charge on any atom is -0.493 e. The smallest absolute Gasteiger partial charge is 0.273 e. The second-order valence-corrected chi connectivity index (χ2v) is 8.40. The first-order chi connectivity index (χ1) is 15.4. The molecule has 7 nitrogen and oxygen atoms in total. The van der Waals surface area contributed by atoms with Crippen molar-refractivity contribution in [1.82, 2.24) is 10.9 Å². The lowest BCUT2D eigenvalue weighted by Gasteiger charge is -2.13. The number of hydrogen-bond donors (Lipinski definition) is 3. The summed E-state index contributed by atoms with van der Waals surface area (Å²) in [6.45, 7) is 2.65. The number of ether oxygens (including phenoxy) is 1. The molecule has 9 heteroatoms. The van der Waals surface area contributed by atoms with Crippen molar-refractivity contribution in [2.24, 2.45) is 0 Å². The van der Waals surface area contributed by atoms with Gasteiger partial charge in [0.05, 0.1) is 22.9 Å². The minimum absolute atomic E-state index is 0.0596. The maximum absolute atomic E-state index is 12.6. The third-order valence-electron chi connectivity index (χ3n) is 4.48. The van der Waals surface area contributed by atoms with Gasteiger partial charge >= 0.3 is 0 Å². The largest absolute Gasteiger partial charge is 0.493 e. The molecule has 2 aromatic rings. The number of benzene rings is 2. The number of anilines is 1. The zero-order valence-electron chi connectivity index (χ0n) is 17.9. The van der Waals surface area contributed by atoms with Crippen LogP contribution in [0.1, 0.15) is 55.8 Å². The van der Waals surface area contributed by atoms with Gasteiger partial charge in [-0.1, -0.05) is 65.8 Å². The van der Waals surface area contributed by atoms with E-state index in [1.165, 1.54) is 0 Å². The van der Waals surface area contributed by atoms with Crippen LogP contribution in [0.25, 0.3) is 0 Å². The van der Waals surface area contributed by atoms with E-state index in [-0.39, 0.29) is 18.7 Å². The fourth-order valence-electron chi connectivity index (χ4n) is 2.78. The van der Waals surface area contributed by atoms with Gasteiger partial charge in [0, 0.05) is 17.3 Å². The summed E-state index contributed by atoms with van der Waals surface area (Å²) in [7, 11) is 0. The Kier molecular flexibility index (Phi) is 11.0. The van der Waals surface area contributed by atoms with Gasteiger partial charge in [-0.3, -0.25) is 25.2 Å². The number of amides is 3. The molecule has 172 valence electrons. The average molecular weight is 525 g/mol. The van der Waals surface area contributed by atoms with Gasteiger partial charge in [-0.15, -0.1) is 0 Å². The average Bonchev–Trinajstić information content (AvgIpc) is 2.78. The van der Waals surface area contributed by atoms with Crippen molar-refractivity contribution < 1.29 is 19.1 Å². The molecule has 0 saturated carbocycles. The van der Waals surface area contributed by atoms with E-state index in [1.807, 2.05) is 0 Å². The van der Waals surface area contributed by atoms with Gasteiger partial charge < -0.3 is 10.1 Å². The number of halogens is 2. The summed E-state index contributed by atoms with van der Waals surface area (Å²) in [6, 6.07) is 11.9. The van der Waals surface area contributed by atoms with Crippen molar-refractivity contribution in [3.63, 3.8) is 0 Å². The molecule has 0 bridgehead atoms. The number of unbranched alkanes of at least 4 members (excludes halogenated alkanes) is 3. The molecule has 3 N–H and O–H groups in total. The Hall–Kier alpha value is -2.58. The van der Waals surface area contributed by atoms with Gasteiger partial charge in [0.1, 0.15) is 5.75 Å². The maximum Gasteiger partial charge on any atom is 0.273 e. The lowest BCUT2D eigenvalue weighted by atomic mass is 10.2. The number of nitrogens with one attached hydrogen (secondary N) is 3. The van der Waals surface area contributed by atoms with Gasteiger partial charge in [-0.05, 0) is 36.8 Å². The summed E-state index contributed by atoms with van der Waals surface area (Å²) in [4.78, 5) is 36.6. The molecule has 32 heavy (non-hydrogen) atoms. The Balaban J connectivity index is 1.81. The summed E-state index contributed by atoms with van der Waals surface area (Å²) in [5, 5.41) is 3.05. The maximum atomic E-state index is 12.6. The van der Waals surface area contributed by atoms with Gasteiger partial charge in [-0.25, -0.2) is 0 Å². The molecule has 0 radical (unpaired) electrons. The quantitative estimate of drug-likeness (QED) is 0.277. The monoisotopic (exact) mass is 523 g/mol. The Bertz CT molecular complexity index is 939. The molecule has 0 aromatic heterocycles. The van der Waals surface area contributed by atoms with Crippen LogP contribution in [0, 0.1) is 0 Å². The van der Waals surface area contributed by atoms with Crippen LogP contribution in [0.3, 0.4) is 0 Å². The highest BCUT2D eigenvalue weighted by atomic mass is 79.9. The Labute approximate surface area is 201 Å². The van der Waals surface area contributed by atoms with E-state index in [0.717, 1.165) is 25.7 Å². The second kappa shape index (κ2) is 13.8.